The molecule has 166 valence electrons. The van der Waals surface area contributed by atoms with Gasteiger partial charge in [0.1, 0.15) is 5.02 Å². The largest absolute Gasteiger partial charge is 0.379 e. The molecule has 0 radical (unpaired) electrons. The summed E-state index contributed by atoms with van der Waals surface area (Å²) in [4.78, 5) is 12.8. The van der Waals surface area contributed by atoms with Gasteiger partial charge in [0.05, 0.1) is 42.9 Å². The number of nitrogens with zero attached hydrogens (tertiary/aromatic N) is 2. The van der Waals surface area contributed by atoms with Crippen molar-refractivity contribution in [3.8, 4) is 5.69 Å². The second-order valence-electron chi connectivity index (χ2n) is 8.92. The number of nitrogens with one attached hydrogen (secondary N) is 1. The maximum atomic E-state index is 14.7. The number of hydrogen-bond acceptors (Lipinski definition) is 5. The van der Waals surface area contributed by atoms with Gasteiger partial charge in [0.2, 0.25) is 0 Å². The van der Waals surface area contributed by atoms with Crippen molar-refractivity contribution in [2.75, 3.05) is 25.1 Å². The van der Waals surface area contributed by atoms with Gasteiger partial charge < -0.3 is 14.8 Å². The van der Waals surface area contributed by atoms with Gasteiger partial charge in [-0.05, 0) is 62.1 Å². The lowest BCUT2D eigenvalue weighted by atomic mass is 9.99. The topological polar surface area (TPSA) is 65.4 Å². The van der Waals surface area contributed by atoms with Crippen LogP contribution in [0.3, 0.4) is 0 Å². The van der Waals surface area contributed by atoms with E-state index in [0.29, 0.717) is 36.9 Å². The lowest BCUT2D eigenvalue weighted by molar-refractivity contribution is -0.0234. The van der Waals surface area contributed by atoms with Crippen molar-refractivity contribution in [3.63, 3.8) is 0 Å². The Morgan fingerprint density at radius 3 is 2.74 bits per heavy atom. The van der Waals surface area contributed by atoms with Crippen molar-refractivity contribution in [2.45, 2.75) is 56.4 Å². The highest BCUT2D eigenvalue weighted by Gasteiger charge is 2.38. The Kier molecular flexibility index (Phi) is 5.75. The fraction of sp³-hybridized carbons (Fsp3) is 0.565. The van der Waals surface area contributed by atoms with Crippen LogP contribution in [0.15, 0.2) is 35.3 Å². The van der Waals surface area contributed by atoms with Crippen LogP contribution in [-0.4, -0.2) is 41.3 Å². The summed E-state index contributed by atoms with van der Waals surface area (Å²) in [5.41, 5.74) is 0.159. The molecule has 1 aromatic carbocycles. The van der Waals surface area contributed by atoms with Crippen molar-refractivity contribution in [1.82, 2.24) is 9.78 Å². The molecule has 0 bridgehead atoms. The monoisotopic (exact) mass is 447 g/mol. The van der Waals surface area contributed by atoms with Crippen LogP contribution in [0.1, 0.15) is 50.2 Å². The van der Waals surface area contributed by atoms with Crippen molar-refractivity contribution < 1.29 is 13.9 Å². The number of rotatable bonds is 6. The van der Waals surface area contributed by atoms with Crippen LogP contribution >= 0.6 is 11.6 Å². The van der Waals surface area contributed by atoms with Gasteiger partial charge in [-0.1, -0.05) is 23.7 Å². The van der Waals surface area contributed by atoms with Crippen molar-refractivity contribution >= 4 is 17.3 Å². The molecule has 2 aromatic rings. The molecule has 0 spiro atoms. The molecule has 2 aliphatic heterocycles. The molecule has 3 aliphatic rings. The maximum Gasteiger partial charge on any atom is 0.292 e. The van der Waals surface area contributed by atoms with Gasteiger partial charge in [0, 0.05) is 6.61 Å². The van der Waals surface area contributed by atoms with Crippen LogP contribution in [0.2, 0.25) is 5.02 Å². The quantitative estimate of drug-likeness (QED) is 0.708. The zero-order valence-corrected chi connectivity index (χ0v) is 18.1. The predicted molar refractivity (Wildman–Crippen MR) is 117 cm³/mol. The van der Waals surface area contributed by atoms with Gasteiger partial charge in [-0.25, -0.2) is 4.39 Å². The van der Waals surface area contributed by atoms with Gasteiger partial charge in [-0.2, -0.15) is 9.78 Å². The van der Waals surface area contributed by atoms with Crippen molar-refractivity contribution in [3.05, 3.63) is 51.4 Å². The third-order valence-electron chi connectivity index (χ3n) is 6.50. The molecule has 3 heterocycles. The van der Waals surface area contributed by atoms with Gasteiger partial charge >= 0.3 is 0 Å². The predicted octanol–water partition coefficient (Wildman–Crippen LogP) is 4.45. The number of halogens is 2. The van der Waals surface area contributed by atoms with E-state index in [1.807, 2.05) is 24.3 Å². The van der Waals surface area contributed by atoms with Gasteiger partial charge in [0.15, 0.2) is 5.67 Å². The molecule has 6 nitrogen and oxygen atoms in total. The lowest BCUT2D eigenvalue weighted by Gasteiger charge is -2.29. The summed E-state index contributed by atoms with van der Waals surface area (Å²) < 4.78 is 27.4. The number of aromatic nitrogens is 2. The Hall–Kier alpha value is -1.96. The summed E-state index contributed by atoms with van der Waals surface area (Å²) in [6, 6.07) is 7.69. The van der Waals surface area contributed by atoms with Gasteiger partial charge in [-0.15, -0.1) is 0 Å². The fourth-order valence-corrected chi connectivity index (χ4v) is 4.70. The Morgan fingerprint density at radius 1 is 1.23 bits per heavy atom. The lowest BCUT2D eigenvalue weighted by Crippen LogP contribution is -2.40. The summed E-state index contributed by atoms with van der Waals surface area (Å²) in [6.07, 6.45) is 7.81. The second kappa shape index (κ2) is 8.52. The first-order valence-electron chi connectivity index (χ1n) is 11.1. The van der Waals surface area contributed by atoms with Gasteiger partial charge in [0.25, 0.3) is 5.56 Å². The zero-order chi connectivity index (χ0) is 21.4. The maximum absolute atomic E-state index is 14.7. The molecular weight excluding hydrogens is 421 g/mol. The molecule has 3 fully saturated rings. The molecule has 1 aliphatic carbocycles. The van der Waals surface area contributed by atoms with Crippen LogP contribution in [0, 0.1) is 5.92 Å². The van der Waals surface area contributed by atoms with E-state index in [2.05, 4.69) is 10.4 Å². The second-order valence-corrected chi connectivity index (χ2v) is 9.30. The molecule has 1 saturated carbocycles. The van der Waals surface area contributed by atoms with E-state index in [4.69, 9.17) is 21.1 Å². The standard InChI is InChI=1S/C23H27ClFN3O3/c24-21-18(26-13-23(25)10-1-11-30-14-23)12-27-28(22(21)29)17-6-4-16(5-7-17)20-9-8-19(31-20)15-2-3-15/h4-7,12,15,19-20,26H,1-3,8-11,13-14H2/t19-,20-,23+/m1/s1. The average molecular weight is 448 g/mol. The Morgan fingerprint density at radius 2 is 2.03 bits per heavy atom. The molecule has 0 unspecified atom stereocenters. The van der Waals surface area contributed by atoms with Crippen LogP contribution < -0.4 is 10.9 Å². The number of anilines is 1. The van der Waals surface area contributed by atoms with E-state index in [1.165, 1.54) is 23.7 Å². The van der Waals surface area contributed by atoms with E-state index in [0.717, 1.165) is 24.3 Å². The van der Waals surface area contributed by atoms with Crippen molar-refractivity contribution in [1.29, 1.82) is 0 Å². The number of benzene rings is 1. The van der Waals surface area contributed by atoms with Gasteiger partial charge in [-0.3, -0.25) is 4.79 Å². The molecule has 1 aromatic heterocycles. The minimum atomic E-state index is -1.47. The molecule has 8 heteroatoms. The summed E-state index contributed by atoms with van der Waals surface area (Å²) >= 11 is 6.29. The number of hydrogen-bond donors (Lipinski definition) is 1. The first-order valence-corrected chi connectivity index (χ1v) is 11.4. The Bertz CT molecular complexity index is 987. The normalized spacial score (nSPS) is 28.6. The van der Waals surface area contributed by atoms with E-state index in [-0.39, 0.29) is 24.3 Å². The molecule has 3 atom stereocenters. The summed E-state index contributed by atoms with van der Waals surface area (Å²) in [5, 5.41) is 7.16. The summed E-state index contributed by atoms with van der Waals surface area (Å²) in [7, 11) is 0. The SMILES string of the molecule is O=c1c(Cl)c(NC[C@@]2(F)CCCOC2)cnn1-c1ccc([C@H]2CC[C@H](C3CC3)O2)cc1. The molecule has 31 heavy (non-hydrogen) atoms. The zero-order valence-electron chi connectivity index (χ0n) is 17.4. The Balaban J connectivity index is 1.28. The van der Waals surface area contributed by atoms with Crippen LogP contribution in [0.4, 0.5) is 10.1 Å². The Labute approximate surface area is 185 Å². The van der Waals surface area contributed by atoms with E-state index < -0.39 is 11.2 Å². The molecule has 5 rings (SSSR count). The molecule has 1 N–H and O–H groups in total. The number of ether oxygens (including phenoxy) is 2. The van der Waals surface area contributed by atoms with E-state index in [9.17, 15) is 9.18 Å². The number of alkyl halides is 1. The van der Waals surface area contributed by atoms with Crippen LogP contribution in [-0.2, 0) is 9.47 Å². The van der Waals surface area contributed by atoms with Crippen LogP contribution in [0.25, 0.3) is 5.69 Å². The first-order chi connectivity index (χ1) is 15.0. The van der Waals surface area contributed by atoms with Crippen molar-refractivity contribution in [2.24, 2.45) is 5.92 Å². The summed E-state index contributed by atoms with van der Waals surface area (Å²) in [6.45, 7) is 0.646. The minimum Gasteiger partial charge on any atom is -0.379 e. The van der Waals surface area contributed by atoms with E-state index in [1.54, 1.807) is 0 Å². The summed E-state index contributed by atoms with van der Waals surface area (Å²) in [5.74, 6) is 0.749. The highest BCUT2D eigenvalue weighted by molar-refractivity contribution is 6.32. The first kappa shape index (κ1) is 20.9. The van der Waals surface area contributed by atoms with E-state index >= 15 is 0 Å². The third-order valence-corrected chi connectivity index (χ3v) is 6.86. The highest BCUT2D eigenvalue weighted by Crippen LogP contribution is 2.44. The molecule has 2 saturated heterocycles. The smallest absolute Gasteiger partial charge is 0.292 e. The van der Waals surface area contributed by atoms with Crippen LogP contribution in [0.5, 0.6) is 0 Å². The molecule has 0 amide bonds. The average Bonchev–Trinajstić information content (AvgIpc) is 3.52. The third kappa shape index (κ3) is 4.49. The minimum absolute atomic E-state index is 0.00851. The fourth-order valence-electron chi connectivity index (χ4n) is 4.50. The highest BCUT2D eigenvalue weighted by atomic mass is 35.5. The molecular formula is C23H27ClFN3O3.